The van der Waals surface area contributed by atoms with E-state index in [1.165, 1.54) is 12.3 Å². The molecule has 0 saturated carbocycles. The molecule has 0 radical (unpaired) electrons. The molecule has 20 heavy (non-hydrogen) atoms. The lowest BCUT2D eigenvalue weighted by atomic mass is 10.2. The summed E-state index contributed by atoms with van der Waals surface area (Å²) in [7, 11) is 0. The van der Waals surface area contributed by atoms with Crippen LogP contribution in [0.2, 0.25) is 0 Å². The lowest BCUT2D eigenvalue weighted by Crippen LogP contribution is -1.99. The number of nitrogens with zero attached hydrogens (tertiary/aromatic N) is 2. The maximum atomic E-state index is 10.9. The molecule has 0 atom stereocenters. The summed E-state index contributed by atoms with van der Waals surface area (Å²) in [4.78, 5) is 18.9. The second-order valence-electron chi connectivity index (χ2n) is 4.12. The van der Waals surface area contributed by atoms with Crippen molar-refractivity contribution in [2.24, 2.45) is 0 Å². The van der Waals surface area contributed by atoms with Crippen LogP contribution in [0, 0.1) is 0 Å². The fourth-order valence-electron chi connectivity index (χ4n) is 1.88. The van der Waals surface area contributed by atoms with Crippen molar-refractivity contribution >= 4 is 16.9 Å². The Morgan fingerprint density at radius 2 is 1.90 bits per heavy atom. The summed E-state index contributed by atoms with van der Waals surface area (Å²) in [5, 5.41) is 9.87. The maximum Gasteiger partial charge on any atom is 0.354 e. The van der Waals surface area contributed by atoms with Crippen LogP contribution >= 0.6 is 0 Å². The number of hydrogen-bond acceptors (Lipinski definition) is 4. The largest absolute Gasteiger partial charge is 0.477 e. The van der Waals surface area contributed by atoms with Gasteiger partial charge in [0.2, 0.25) is 0 Å². The molecule has 1 N–H and O–H groups in total. The number of ether oxygens (including phenoxy) is 1. The number of pyridine rings is 2. The van der Waals surface area contributed by atoms with E-state index in [2.05, 4.69) is 9.97 Å². The number of carbonyl (C=O) groups is 1. The summed E-state index contributed by atoms with van der Waals surface area (Å²) in [6, 6.07) is 12.4. The molecule has 0 spiro atoms. The number of para-hydroxylation sites is 1. The predicted octanol–water partition coefficient (Wildman–Crippen LogP) is 3.12. The van der Waals surface area contributed by atoms with Crippen molar-refractivity contribution in [2.75, 3.05) is 0 Å². The van der Waals surface area contributed by atoms with Gasteiger partial charge in [-0.25, -0.2) is 9.78 Å². The fraction of sp³-hybridized carbons (Fsp3) is 0. The van der Waals surface area contributed by atoms with Crippen molar-refractivity contribution in [3.63, 3.8) is 0 Å². The molecule has 1 aromatic carbocycles. The van der Waals surface area contributed by atoms with Crippen LogP contribution < -0.4 is 4.74 Å². The smallest absolute Gasteiger partial charge is 0.354 e. The third-order valence-corrected chi connectivity index (χ3v) is 2.77. The Morgan fingerprint density at radius 1 is 1.05 bits per heavy atom. The molecule has 3 rings (SSSR count). The first-order valence-electron chi connectivity index (χ1n) is 5.95. The third kappa shape index (κ3) is 2.29. The average Bonchev–Trinajstić information content (AvgIpc) is 2.48. The number of fused-ring (bicyclic) bond motifs is 1. The Bertz CT molecular complexity index is 781. The Kier molecular flexibility index (Phi) is 3.01. The van der Waals surface area contributed by atoms with Gasteiger partial charge in [0, 0.05) is 23.8 Å². The summed E-state index contributed by atoms with van der Waals surface area (Å²) in [6.07, 6.45) is 3.09. The molecule has 0 aliphatic heterocycles. The van der Waals surface area contributed by atoms with Gasteiger partial charge < -0.3 is 9.84 Å². The standard InChI is InChI=1S/C15H10N2O3/c18-15(19)12-9-11(6-8-16-12)20-13-5-1-3-10-4-2-7-17-14(10)13/h1-9H,(H,18,19). The number of carboxylic acid groups (broad SMARTS) is 1. The highest BCUT2D eigenvalue weighted by molar-refractivity contribution is 5.86. The van der Waals surface area contributed by atoms with Crippen LogP contribution in [0.4, 0.5) is 0 Å². The van der Waals surface area contributed by atoms with Crippen molar-refractivity contribution in [2.45, 2.75) is 0 Å². The second-order valence-corrected chi connectivity index (χ2v) is 4.12. The lowest BCUT2D eigenvalue weighted by Gasteiger charge is -2.08. The number of aromatic carboxylic acids is 1. The molecule has 98 valence electrons. The minimum absolute atomic E-state index is 0.0595. The Morgan fingerprint density at radius 3 is 2.75 bits per heavy atom. The van der Waals surface area contributed by atoms with E-state index in [1.54, 1.807) is 18.3 Å². The molecular formula is C15H10N2O3. The van der Waals surface area contributed by atoms with Crippen molar-refractivity contribution in [1.82, 2.24) is 9.97 Å². The molecular weight excluding hydrogens is 256 g/mol. The summed E-state index contributed by atoms with van der Waals surface area (Å²) in [6.45, 7) is 0. The van der Waals surface area contributed by atoms with Crippen molar-refractivity contribution in [1.29, 1.82) is 0 Å². The highest BCUT2D eigenvalue weighted by Gasteiger charge is 2.08. The van der Waals surface area contributed by atoms with Gasteiger partial charge in [0.05, 0.1) is 0 Å². The highest BCUT2D eigenvalue weighted by atomic mass is 16.5. The van der Waals surface area contributed by atoms with Gasteiger partial charge in [-0.15, -0.1) is 0 Å². The molecule has 2 heterocycles. The van der Waals surface area contributed by atoms with E-state index in [1.807, 2.05) is 24.3 Å². The van der Waals surface area contributed by atoms with E-state index < -0.39 is 5.97 Å². The molecule has 0 fully saturated rings. The highest BCUT2D eigenvalue weighted by Crippen LogP contribution is 2.28. The summed E-state index contributed by atoms with van der Waals surface area (Å²) >= 11 is 0. The van der Waals surface area contributed by atoms with Gasteiger partial charge in [-0.2, -0.15) is 0 Å². The van der Waals surface area contributed by atoms with Gasteiger partial charge in [0.1, 0.15) is 11.3 Å². The first kappa shape index (κ1) is 12.1. The molecule has 3 aromatic rings. The van der Waals surface area contributed by atoms with Crippen LogP contribution in [-0.4, -0.2) is 21.0 Å². The molecule has 0 unspecified atom stereocenters. The quantitative estimate of drug-likeness (QED) is 0.788. The van der Waals surface area contributed by atoms with Gasteiger partial charge in [-0.3, -0.25) is 4.98 Å². The number of rotatable bonds is 3. The topological polar surface area (TPSA) is 72.3 Å². The van der Waals surface area contributed by atoms with Gasteiger partial charge >= 0.3 is 5.97 Å². The van der Waals surface area contributed by atoms with E-state index in [0.29, 0.717) is 11.5 Å². The van der Waals surface area contributed by atoms with E-state index in [9.17, 15) is 4.79 Å². The van der Waals surface area contributed by atoms with Crippen LogP contribution in [-0.2, 0) is 0 Å². The molecule has 0 aliphatic rings. The molecule has 5 heteroatoms. The van der Waals surface area contributed by atoms with Crippen LogP contribution in [0.5, 0.6) is 11.5 Å². The maximum absolute atomic E-state index is 10.9. The van der Waals surface area contributed by atoms with Gasteiger partial charge in [-0.05, 0) is 18.2 Å². The number of carboxylic acids is 1. The molecule has 0 amide bonds. The van der Waals surface area contributed by atoms with Crippen molar-refractivity contribution in [3.05, 3.63) is 60.6 Å². The molecule has 5 nitrogen and oxygen atoms in total. The van der Waals surface area contributed by atoms with Crippen LogP contribution in [0.25, 0.3) is 10.9 Å². The zero-order valence-electron chi connectivity index (χ0n) is 10.4. The Hall–Kier alpha value is -2.95. The number of benzene rings is 1. The number of hydrogen-bond donors (Lipinski definition) is 1. The minimum Gasteiger partial charge on any atom is -0.477 e. The van der Waals surface area contributed by atoms with E-state index in [-0.39, 0.29) is 5.69 Å². The monoisotopic (exact) mass is 266 g/mol. The van der Waals surface area contributed by atoms with Crippen LogP contribution in [0.1, 0.15) is 10.5 Å². The van der Waals surface area contributed by atoms with Crippen LogP contribution in [0.3, 0.4) is 0 Å². The molecule has 0 aliphatic carbocycles. The van der Waals surface area contributed by atoms with Gasteiger partial charge in [-0.1, -0.05) is 18.2 Å². The summed E-state index contributed by atoms with van der Waals surface area (Å²) in [5.41, 5.74) is 0.666. The first-order chi connectivity index (χ1) is 9.74. The zero-order valence-corrected chi connectivity index (χ0v) is 10.4. The molecule has 2 aromatic heterocycles. The zero-order chi connectivity index (χ0) is 13.9. The van der Waals surface area contributed by atoms with Gasteiger partial charge in [0.15, 0.2) is 11.4 Å². The molecule has 0 saturated heterocycles. The third-order valence-electron chi connectivity index (χ3n) is 2.77. The fourth-order valence-corrected chi connectivity index (χ4v) is 1.88. The van der Waals surface area contributed by atoms with Gasteiger partial charge in [0.25, 0.3) is 0 Å². The summed E-state index contributed by atoms with van der Waals surface area (Å²) < 4.78 is 5.72. The van der Waals surface area contributed by atoms with Crippen molar-refractivity contribution in [3.8, 4) is 11.5 Å². The average molecular weight is 266 g/mol. The van der Waals surface area contributed by atoms with Crippen LogP contribution in [0.15, 0.2) is 54.9 Å². The Labute approximate surface area is 114 Å². The number of aromatic nitrogens is 2. The van der Waals surface area contributed by atoms with E-state index in [0.717, 1.165) is 10.9 Å². The SMILES string of the molecule is O=C(O)c1cc(Oc2cccc3cccnc23)ccn1. The lowest BCUT2D eigenvalue weighted by molar-refractivity contribution is 0.0690. The Balaban J connectivity index is 2.01. The first-order valence-corrected chi connectivity index (χ1v) is 5.95. The predicted molar refractivity (Wildman–Crippen MR) is 73.0 cm³/mol. The van der Waals surface area contributed by atoms with Crippen molar-refractivity contribution < 1.29 is 14.6 Å². The summed E-state index contributed by atoms with van der Waals surface area (Å²) in [5.74, 6) is -0.104. The second kappa shape index (κ2) is 4.97. The van der Waals surface area contributed by atoms with E-state index in [4.69, 9.17) is 9.84 Å². The normalized spacial score (nSPS) is 10.4. The minimum atomic E-state index is -1.09. The molecule has 0 bridgehead atoms. The van der Waals surface area contributed by atoms with E-state index >= 15 is 0 Å².